The fourth-order valence-corrected chi connectivity index (χ4v) is 5.77. The molecule has 6 heteroatoms. The molecule has 162 valence electrons. The number of fused-ring (bicyclic) bond motifs is 2. The van der Waals surface area contributed by atoms with E-state index in [9.17, 15) is 9.59 Å². The molecule has 2 aromatic carbocycles. The third-order valence-electron chi connectivity index (χ3n) is 6.42. The van der Waals surface area contributed by atoms with Crippen molar-refractivity contribution in [2.75, 3.05) is 7.05 Å². The summed E-state index contributed by atoms with van der Waals surface area (Å²) in [7, 11) is 1.84. The van der Waals surface area contributed by atoms with Crippen molar-refractivity contribution in [2.45, 2.75) is 38.8 Å². The number of likely N-dealkylation sites (N-methyl/N-ethyl adjacent to an activating group) is 1. The zero-order chi connectivity index (χ0) is 22.2. The van der Waals surface area contributed by atoms with Gasteiger partial charge in [-0.3, -0.25) is 14.2 Å². The summed E-state index contributed by atoms with van der Waals surface area (Å²) in [4.78, 5) is 34.7. The van der Waals surface area contributed by atoms with Crippen molar-refractivity contribution in [1.29, 1.82) is 0 Å². The predicted octanol–water partition coefficient (Wildman–Crippen LogP) is 4.97. The Morgan fingerprint density at radius 2 is 1.91 bits per heavy atom. The Hall–Kier alpha value is -3.25. The lowest BCUT2D eigenvalue weighted by Gasteiger charge is -2.33. The molecule has 5 nitrogen and oxygen atoms in total. The smallest absolute Gasteiger partial charge is 0.263 e. The van der Waals surface area contributed by atoms with Crippen LogP contribution in [-0.4, -0.2) is 27.4 Å². The van der Waals surface area contributed by atoms with Crippen LogP contribution in [-0.2, 0) is 17.8 Å². The van der Waals surface area contributed by atoms with Gasteiger partial charge < -0.3 is 4.90 Å². The first-order chi connectivity index (χ1) is 15.5. The predicted molar refractivity (Wildman–Crippen MR) is 129 cm³/mol. The number of aryl methyl sites for hydroxylation is 2. The first-order valence-corrected chi connectivity index (χ1v) is 11.7. The number of nitrogens with zero attached hydrogens (tertiary/aromatic N) is 3. The molecule has 2 aromatic heterocycles. The van der Waals surface area contributed by atoms with E-state index < -0.39 is 0 Å². The van der Waals surface area contributed by atoms with Crippen molar-refractivity contribution in [3.63, 3.8) is 0 Å². The van der Waals surface area contributed by atoms with Gasteiger partial charge in [0.25, 0.3) is 5.56 Å². The lowest BCUT2D eigenvalue weighted by atomic mass is 9.87. The largest absolute Gasteiger partial charge is 0.337 e. The van der Waals surface area contributed by atoms with Crippen LogP contribution in [0.15, 0.2) is 65.7 Å². The van der Waals surface area contributed by atoms with Crippen LogP contribution in [0.1, 0.15) is 34.9 Å². The second-order valence-corrected chi connectivity index (χ2v) is 9.57. The van der Waals surface area contributed by atoms with E-state index in [2.05, 4.69) is 23.2 Å². The lowest BCUT2D eigenvalue weighted by Crippen LogP contribution is -2.37. The van der Waals surface area contributed by atoms with E-state index in [1.165, 1.54) is 33.4 Å². The van der Waals surface area contributed by atoms with Crippen molar-refractivity contribution in [1.82, 2.24) is 14.5 Å². The van der Waals surface area contributed by atoms with E-state index >= 15 is 0 Å². The van der Waals surface area contributed by atoms with Crippen LogP contribution >= 0.6 is 11.3 Å². The highest BCUT2D eigenvalue weighted by Crippen LogP contribution is 2.36. The number of aromatic nitrogens is 2. The SMILES string of the molecule is Cc1sc2ncn(CC(=O)N(C)[C@H]3CCCc4ccccc43)c(=O)c2c1-c1ccccc1. The summed E-state index contributed by atoms with van der Waals surface area (Å²) < 4.78 is 1.45. The summed E-state index contributed by atoms with van der Waals surface area (Å²) in [5.74, 6) is -0.0804. The first kappa shape index (κ1) is 20.6. The second kappa shape index (κ2) is 8.36. The number of carbonyl (C=O) groups is 1. The Labute approximate surface area is 191 Å². The Balaban J connectivity index is 1.48. The van der Waals surface area contributed by atoms with E-state index in [1.54, 1.807) is 4.90 Å². The zero-order valence-corrected chi connectivity index (χ0v) is 19.1. The summed E-state index contributed by atoms with van der Waals surface area (Å²) in [5.41, 5.74) is 4.28. The maximum absolute atomic E-state index is 13.4. The molecule has 5 rings (SSSR count). The third kappa shape index (κ3) is 3.54. The molecular weight excluding hydrogens is 418 g/mol. The molecule has 0 N–H and O–H groups in total. The highest BCUT2D eigenvalue weighted by atomic mass is 32.1. The van der Waals surface area contributed by atoms with E-state index in [-0.39, 0.29) is 24.1 Å². The molecule has 0 bridgehead atoms. The quantitative estimate of drug-likeness (QED) is 0.448. The number of hydrogen-bond acceptors (Lipinski definition) is 4. The molecule has 0 radical (unpaired) electrons. The van der Waals surface area contributed by atoms with Crippen LogP contribution in [0.3, 0.4) is 0 Å². The number of thiophene rings is 1. The minimum absolute atomic E-state index is 0.0138. The van der Waals surface area contributed by atoms with E-state index in [4.69, 9.17) is 0 Å². The van der Waals surface area contributed by atoms with Crippen LogP contribution < -0.4 is 5.56 Å². The molecule has 1 atom stereocenters. The van der Waals surface area contributed by atoms with Crippen LogP contribution in [0.5, 0.6) is 0 Å². The van der Waals surface area contributed by atoms with Gasteiger partial charge in [-0.05, 0) is 42.9 Å². The molecule has 0 aliphatic heterocycles. The van der Waals surface area contributed by atoms with Crippen molar-refractivity contribution >= 4 is 27.5 Å². The molecule has 0 saturated carbocycles. The van der Waals surface area contributed by atoms with E-state index in [1.807, 2.05) is 50.4 Å². The molecule has 1 aliphatic carbocycles. The monoisotopic (exact) mass is 443 g/mol. The van der Waals surface area contributed by atoms with Crippen molar-refractivity contribution in [3.8, 4) is 11.1 Å². The summed E-state index contributed by atoms with van der Waals surface area (Å²) >= 11 is 1.52. The van der Waals surface area contributed by atoms with Gasteiger partial charge >= 0.3 is 0 Å². The first-order valence-electron chi connectivity index (χ1n) is 10.9. The molecule has 0 fully saturated rings. The average molecular weight is 444 g/mol. The Morgan fingerprint density at radius 3 is 2.72 bits per heavy atom. The normalized spacial score (nSPS) is 15.5. The number of carbonyl (C=O) groups excluding carboxylic acids is 1. The minimum atomic E-state index is -0.163. The fraction of sp³-hybridized carbons (Fsp3) is 0.269. The topological polar surface area (TPSA) is 55.2 Å². The van der Waals surface area contributed by atoms with Crippen molar-refractivity contribution < 1.29 is 4.79 Å². The molecule has 1 amide bonds. The lowest BCUT2D eigenvalue weighted by molar-refractivity contribution is -0.133. The summed E-state index contributed by atoms with van der Waals surface area (Å²) in [6.45, 7) is 2.00. The van der Waals surface area contributed by atoms with Crippen LogP contribution in [0.2, 0.25) is 0 Å². The number of benzene rings is 2. The van der Waals surface area contributed by atoms with Gasteiger partial charge in [-0.25, -0.2) is 4.98 Å². The summed E-state index contributed by atoms with van der Waals surface area (Å²) in [6.07, 6.45) is 4.55. The zero-order valence-electron chi connectivity index (χ0n) is 18.2. The maximum Gasteiger partial charge on any atom is 0.263 e. The van der Waals surface area contributed by atoms with Crippen LogP contribution in [0.25, 0.3) is 21.3 Å². The van der Waals surface area contributed by atoms with Crippen LogP contribution in [0.4, 0.5) is 0 Å². The molecule has 0 saturated heterocycles. The maximum atomic E-state index is 13.4. The van der Waals surface area contributed by atoms with Gasteiger partial charge in [0.2, 0.25) is 5.91 Å². The molecular formula is C26H25N3O2S. The molecule has 32 heavy (non-hydrogen) atoms. The minimum Gasteiger partial charge on any atom is -0.337 e. The average Bonchev–Trinajstić information content (AvgIpc) is 3.17. The number of amides is 1. The fourth-order valence-electron chi connectivity index (χ4n) is 4.76. The molecule has 4 aromatic rings. The van der Waals surface area contributed by atoms with Gasteiger partial charge in [0, 0.05) is 17.5 Å². The highest BCUT2D eigenvalue weighted by molar-refractivity contribution is 7.19. The number of hydrogen-bond donors (Lipinski definition) is 0. The van der Waals surface area contributed by atoms with Gasteiger partial charge in [-0.15, -0.1) is 11.3 Å². The Morgan fingerprint density at radius 1 is 1.16 bits per heavy atom. The number of rotatable bonds is 4. The highest BCUT2D eigenvalue weighted by Gasteiger charge is 2.27. The van der Waals surface area contributed by atoms with Gasteiger partial charge in [0.1, 0.15) is 11.4 Å². The third-order valence-corrected chi connectivity index (χ3v) is 7.43. The second-order valence-electron chi connectivity index (χ2n) is 8.37. The summed E-state index contributed by atoms with van der Waals surface area (Å²) in [5, 5.41) is 0.597. The van der Waals surface area contributed by atoms with Gasteiger partial charge in [-0.1, -0.05) is 54.6 Å². The van der Waals surface area contributed by atoms with Gasteiger partial charge in [-0.2, -0.15) is 0 Å². The van der Waals surface area contributed by atoms with Crippen molar-refractivity contribution in [3.05, 3.63) is 87.3 Å². The standard InChI is InChI=1S/C26H25N3O2S/c1-17-23(19-10-4-3-5-11-19)24-25(32-17)27-16-29(26(24)31)15-22(30)28(2)21-14-8-12-18-9-6-7-13-20(18)21/h3-7,9-11,13,16,21H,8,12,14-15H2,1-2H3/t21-/m0/s1. The van der Waals surface area contributed by atoms with Crippen molar-refractivity contribution in [2.24, 2.45) is 0 Å². The molecule has 2 heterocycles. The van der Waals surface area contributed by atoms with E-state index in [0.717, 1.165) is 35.3 Å². The Bertz CT molecular complexity index is 1360. The molecule has 0 unspecified atom stereocenters. The molecule has 1 aliphatic rings. The summed E-state index contributed by atoms with van der Waals surface area (Å²) in [6, 6.07) is 18.3. The van der Waals surface area contributed by atoms with Gasteiger partial charge in [0.05, 0.1) is 17.8 Å². The van der Waals surface area contributed by atoms with E-state index in [0.29, 0.717) is 10.2 Å². The van der Waals surface area contributed by atoms with Gasteiger partial charge in [0.15, 0.2) is 0 Å². The van der Waals surface area contributed by atoms with Crippen LogP contribution in [0, 0.1) is 6.92 Å². The Kier molecular flexibility index (Phi) is 5.39. The molecule has 0 spiro atoms.